The van der Waals surface area contributed by atoms with Crippen LogP contribution in [0.3, 0.4) is 0 Å². The highest BCUT2D eigenvalue weighted by molar-refractivity contribution is 5.95. The molecule has 0 aliphatic rings. The van der Waals surface area contributed by atoms with Crippen molar-refractivity contribution in [2.45, 2.75) is 45.1 Å². The van der Waals surface area contributed by atoms with E-state index in [9.17, 15) is 14.7 Å². The number of methoxy groups -OCH3 is 2. The summed E-state index contributed by atoms with van der Waals surface area (Å²) in [6.45, 7) is 0.879. The molecule has 55 heavy (non-hydrogen) atoms. The van der Waals surface area contributed by atoms with E-state index in [1.807, 2.05) is 72.8 Å². The number of carboxylic acid groups (broad SMARTS) is 1. The monoisotopic (exact) mass is 733 g/mol. The van der Waals surface area contributed by atoms with Crippen LogP contribution in [0.4, 0.5) is 0 Å². The van der Waals surface area contributed by atoms with Gasteiger partial charge in [0, 0.05) is 23.2 Å². The van der Waals surface area contributed by atoms with Gasteiger partial charge in [-0.15, -0.1) is 0 Å². The van der Waals surface area contributed by atoms with Crippen LogP contribution in [0.1, 0.15) is 63.9 Å². The fourth-order valence-electron chi connectivity index (χ4n) is 6.57. The summed E-state index contributed by atoms with van der Waals surface area (Å²) >= 11 is 0. The van der Waals surface area contributed by atoms with E-state index in [-0.39, 0.29) is 18.1 Å². The molecule has 0 bridgehead atoms. The third kappa shape index (κ3) is 10.4. The lowest BCUT2D eigenvalue weighted by Crippen LogP contribution is -2.24. The van der Waals surface area contributed by atoms with Crippen LogP contribution in [0, 0.1) is 0 Å². The highest BCUT2D eigenvalue weighted by atomic mass is 16.5. The zero-order valence-corrected chi connectivity index (χ0v) is 31.4. The molecule has 280 valence electrons. The molecule has 0 saturated heterocycles. The first-order chi connectivity index (χ1) is 26.9. The second kappa shape index (κ2) is 19.1. The second-order valence-corrected chi connectivity index (χ2v) is 13.5. The largest absolute Gasteiger partial charge is 0.497 e. The summed E-state index contributed by atoms with van der Waals surface area (Å²) in [4.78, 5) is 24.5. The Balaban J connectivity index is 1.21. The third-order valence-corrected chi connectivity index (χ3v) is 9.73. The van der Waals surface area contributed by atoms with Crippen LogP contribution in [0.5, 0.6) is 17.2 Å². The number of ether oxygens (including phenoxy) is 3. The molecule has 0 aliphatic carbocycles. The Kier molecular flexibility index (Phi) is 13.3. The van der Waals surface area contributed by atoms with Gasteiger partial charge in [-0.05, 0) is 113 Å². The first kappa shape index (κ1) is 38.4. The minimum Gasteiger partial charge on any atom is -0.497 e. The summed E-state index contributed by atoms with van der Waals surface area (Å²) in [7, 11) is 3.28. The van der Waals surface area contributed by atoms with Gasteiger partial charge in [0.2, 0.25) is 0 Å². The van der Waals surface area contributed by atoms with E-state index < -0.39 is 5.97 Å². The van der Waals surface area contributed by atoms with Crippen molar-refractivity contribution >= 4 is 11.9 Å². The van der Waals surface area contributed by atoms with Crippen molar-refractivity contribution in [1.29, 1.82) is 0 Å². The van der Waals surface area contributed by atoms with Gasteiger partial charge in [0.1, 0.15) is 23.9 Å². The smallest absolute Gasteiger partial charge is 0.335 e. The Morgan fingerprint density at radius 3 is 1.64 bits per heavy atom. The van der Waals surface area contributed by atoms with Crippen LogP contribution in [0.2, 0.25) is 0 Å². The van der Waals surface area contributed by atoms with Crippen molar-refractivity contribution in [3.05, 3.63) is 162 Å². The van der Waals surface area contributed by atoms with Crippen LogP contribution < -0.4 is 19.5 Å². The number of aryl methyl sites for hydroxylation is 1. The van der Waals surface area contributed by atoms with Gasteiger partial charge in [0.15, 0.2) is 0 Å². The molecule has 7 nitrogen and oxygen atoms in total. The molecule has 2 N–H and O–H groups in total. The maximum atomic E-state index is 13.1. The average molecular weight is 734 g/mol. The molecule has 6 rings (SSSR count). The fourth-order valence-corrected chi connectivity index (χ4v) is 6.57. The third-order valence-electron chi connectivity index (χ3n) is 9.73. The standard InChI is InChI=1S/C48H47NO6/c1-53-42-26-22-37(23-27-42)44-31-41(36-18-20-39(21-19-36)47(50)49-30-10-5-3-4-7-11-34-12-8-6-9-13-34)32-45(38-24-28-43(54-2)29-25-38)46(44)55-33-35-14-16-40(17-15-35)48(51)52/h6,8-9,12-29,31-32H,3-5,7,10-11,30,33H2,1-2H3,(H,49,50)(H,51,52). The van der Waals surface area contributed by atoms with Gasteiger partial charge < -0.3 is 24.6 Å². The molecule has 6 aromatic carbocycles. The number of carbonyl (C=O) groups is 2. The summed E-state index contributed by atoms with van der Waals surface area (Å²) in [6.07, 6.45) is 6.71. The Morgan fingerprint density at radius 1 is 0.545 bits per heavy atom. The topological polar surface area (TPSA) is 94.1 Å². The van der Waals surface area contributed by atoms with Gasteiger partial charge in [0.05, 0.1) is 19.8 Å². The van der Waals surface area contributed by atoms with Gasteiger partial charge in [-0.25, -0.2) is 4.79 Å². The average Bonchev–Trinajstić information content (AvgIpc) is 3.24. The summed E-state index contributed by atoms with van der Waals surface area (Å²) in [5.74, 6) is 1.10. The van der Waals surface area contributed by atoms with Crippen LogP contribution >= 0.6 is 0 Å². The highest BCUT2D eigenvalue weighted by Crippen LogP contribution is 2.44. The molecule has 0 heterocycles. The van der Waals surface area contributed by atoms with Crippen LogP contribution in [-0.2, 0) is 13.0 Å². The second-order valence-electron chi connectivity index (χ2n) is 13.5. The van der Waals surface area contributed by atoms with E-state index in [0.29, 0.717) is 17.9 Å². The van der Waals surface area contributed by atoms with E-state index in [1.54, 1.807) is 38.5 Å². The molecule has 0 aliphatic heterocycles. The molecule has 6 aromatic rings. The number of aromatic carboxylic acids is 1. The summed E-state index contributed by atoms with van der Waals surface area (Å²) in [5, 5.41) is 12.5. The number of hydrogen-bond donors (Lipinski definition) is 2. The van der Waals surface area contributed by atoms with Crippen LogP contribution in [-0.4, -0.2) is 37.7 Å². The molecule has 0 radical (unpaired) electrons. The van der Waals surface area contributed by atoms with E-state index in [0.717, 1.165) is 76.1 Å². The predicted octanol–water partition coefficient (Wildman–Crippen LogP) is 10.9. The maximum Gasteiger partial charge on any atom is 0.335 e. The molecule has 0 spiro atoms. The molecular weight excluding hydrogens is 687 g/mol. The van der Waals surface area contributed by atoms with Crippen molar-refractivity contribution in [1.82, 2.24) is 5.32 Å². The van der Waals surface area contributed by atoms with Gasteiger partial charge in [-0.3, -0.25) is 4.79 Å². The molecule has 0 unspecified atom stereocenters. The van der Waals surface area contributed by atoms with Crippen molar-refractivity contribution in [2.75, 3.05) is 20.8 Å². The van der Waals surface area contributed by atoms with Crippen molar-refractivity contribution in [3.63, 3.8) is 0 Å². The van der Waals surface area contributed by atoms with Gasteiger partial charge >= 0.3 is 5.97 Å². The zero-order chi connectivity index (χ0) is 38.4. The first-order valence-corrected chi connectivity index (χ1v) is 18.8. The lowest BCUT2D eigenvalue weighted by molar-refractivity contribution is 0.0696. The molecule has 0 aromatic heterocycles. The van der Waals surface area contributed by atoms with E-state index >= 15 is 0 Å². The number of amides is 1. The molecule has 1 amide bonds. The lowest BCUT2D eigenvalue weighted by atomic mass is 9.91. The molecule has 0 saturated carbocycles. The Labute approximate surface area is 323 Å². The number of rotatable bonds is 18. The predicted molar refractivity (Wildman–Crippen MR) is 219 cm³/mol. The minimum absolute atomic E-state index is 0.0754. The Bertz CT molecular complexity index is 2080. The SMILES string of the molecule is COc1ccc(-c2cc(-c3ccc(C(=O)NCCCCCCCc4ccccc4)cc3)cc(-c3ccc(OC)cc3)c2OCc2ccc(C(=O)O)cc2)cc1. The minimum atomic E-state index is -0.975. The van der Waals surface area contributed by atoms with Gasteiger partial charge in [0.25, 0.3) is 5.91 Å². The number of carbonyl (C=O) groups excluding carboxylic acids is 1. The summed E-state index contributed by atoms with van der Waals surface area (Å²) < 4.78 is 17.6. The van der Waals surface area contributed by atoms with Gasteiger partial charge in [-0.2, -0.15) is 0 Å². The maximum absolute atomic E-state index is 13.1. The number of carboxylic acids is 1. The van der Waals surface area contributed by atoms with E-state index in [4.69, 9.17) is 14.2 Å². The number of hydrogen-bond acceptors (Lipinski definition) is 5. The number of benzene rings is 6. The summed E-state index contributed by atoms with van der Waals surface area (Å²) in [5.41, 5.74) is 8.57. The zero-order valence-electron chi connectivity index (χ0n) is 31.4. The summed E-state index contributed by atoms with van der Waals surface area (Å²) in [6, 6.07) is 44.9. The molecule has 0 atom stereocenters. The number of unbranched alkanes of at least 4 members (excludes halogenated alkanes) is 4. The van der Waals surface area contributed by atoms with Crippen molar-refractivity contribution < 1.29 is 28.9 Å². The van der Waals surface area contributed by atoms with Gasteiger partial charge in [-0.1, -0.05) is 98.1 Å². The highest BCUT2D eigenvalue weighted by Gasteiger charge is 2.18. The van der Waals surface area contributed by atoms with Crippen LogP contribution in [0.25, 0.3) is 33.4 Å². The normalized spacial score (nSPS) is 10.8. The number of nitrogens with one attached hydrogen (secondary N) is 1. The van der Waals surface area contributed by atoms with Crippen molar-refractivity contribution in [3.8, 4) is 50.6 Å². The van der Waals surface area contributed by atoms with Crippen LogP contribution in [0.15, 0.2) is 140 Å². The van der Waals surface area contributed by atoms with E-state index in [1.165, 1.54) is 18.4 Å². The Morgan fingerprint density at radius 2 is 1.07 bits per heavy atom. The lowest BCUT2D eigenvalue weighted by Gasteiger charge is -2.20. The molecular formula is C48H47NO6. The van der Waals surface area contributed by atoms with E-state index in [2.05, 4.69) is 47.8 Å². The molecule has 7 heteroatoms. The fraction of sp³-hybridized carbons (Fsp3) is 0.208. The quantitative estimate of drug-likeness (QED) is 0.0854. The molecule has 0 fully saturated rings. The van der Waals surface area contributed by atoms with Crippen molar-refractivity contribution in [2.24, 2.45) is 0 Å². The first-order valence-electron chi connectivity index (χ1n) is 18.8. The Hall–Kier alpha value is -6.34.